The number of anilines is 1. The molecule has 0 saturated heterocycles. The van der Waals surface area contributed by atoms with E-state index < -0.39 is 0 Å². The Morgan fingerprint density at radius 1 is 1.25 bits per heavy atom. The van der Waals surface area contributed by atoms with Crippen LogP contribution in [0.4, 0.5) is 10.2 Å². The van der Waals surface area contributed by atoms with E-state index in [9.17, 15) is 9.18 Å². The van der Waals surface area contributed by atoms with Crippen molar-refractivity contribution in [3.63, 3.8) is 0 Å². The van der Waals surface area contributed by atoms with Crippen molar-refractivity contribution in [2.45, 2.75) is 20.3 Å². The maximum Gasteiger partial charge on any atom is 0.228 e. The zero-order chi connectivity index (χ0) is 14.5. The molecular weight excluding hydrogens is 255 g/mol. The van der Waals surface area contributed by atoms with Crippen LogP contribution in [-0.4, -0.2) is 10.9 Å². The van der Waals surface area contributed by atoms with Crippen LogP contribution in [0.25, 0.3) is 0 Å². The highest BCUT2D eigenvalue weighted by Crippen LogP contribution is 2.12. The molecule has 1 N–H and O–H groups in total. The molecule has 0 spiro atoms. The van der Waals surface area contributed by atoms with E-state index in [1.165, 1.54) is 12.1 Å². The molecule has 2 rings (SSSR count). The molecule has 0 unspecified atom stereocenters. The van der Waals surface area contributed by atoms with Crippen LogP contribution in [-0.2, 0) is 11.2 Å². The van der Waals surface area contributed by atoms with Gasteiger partial charge < -0.3 is 5.32 Å². The molecule has 2 aromatic rings. The highest BCUT2D eigenvalue weighted by atomic mass is 19.1. The summed E-state index contributed by atoms with van der Waals surface area (Å²) in [5, 5.41) is 2.73. The molecule has 0 saturated carbocycles. The molecule has 1 aromatic heterocycles. The van der Waals surface area contributed by atoms with Gasteiger partial charge >= 0.3 is 0 Å². The summed E-state index contributed by atoms with van der Waals surface area (Å²) in [6.45, 7) is 3.65. The van der Waals surface area contributed by atoms with Gasteiger partial charge in [-0.15, -0.1) is 0 Å². The normalized spacial score (nSPS) is 10.6. The lowest BCUT2D eigenvalue weighted by Gasteiger charge is -2.07. The number of pyridine rings is 1. The molecule has 4 heteroatoms. The number of carbonyl (C=O) groups is 1. The molecule has 0 aliphatic rings. The van der Waals surface area contributed by atoms with Crippen molar-refractivity contribution in [1.29, 1.82) is 0 Å². The van der Waals surface area contributed by atoms with E-state index in [4.69, 9.17) is 0 Å². The molecule has 1 heterocycles. The van der Waals surface area contributed by atoms with Crippen LogP contribution in [0, 0.1) is 11.7 Å². The fourth-order valence-corrected chi connectivity index (χ4v) is 1.76. The van der Waals surface area contributed by atoms with Gasteiger partial charge in [0.25, 0.3) is 0 Å². The van der Waals surface area contributed by atoms with Crippen LogP contribution < -0.4 is 5.32 Å². The van der Waals surface area contributed by atoms with E-state index in [0.29, 0.717) is 12.2 Å². The van der Waals surface area contributed by atoms with E-state index in [1.807, 2.05) is 26.0 Å². The van der Waals surface area contributed by atoms with Gasteiger partial charge in [-0.25, -0.2) is 9.37 Å². The second-order valence-electron chi connectivity index (χ2n) is 5.00. The molecule has 3 nitrogen and oxygen atoms in total. The number of benzene rings is 1. The highest BCUT2D eigenvalue weighted by molar-refractivity contribution is 5.91. The van der Waals surface area contributed by atoms with Gasteiger partial charge in [0.15, 0.2) is 0 Å². The summed E-state index contributed by atoms with van der Waals surface area (Å²) in [6.07, 6.45) is 2.31. The van der Waals surface area contributed by atoms with E-state index in [-0.39, 0.29) is 17.6 Å². The summed E-state index contributed by atoms with van der Waals surface area (Å²) in [6, 6.07) is 10.1. The minimum Gasteiger partial charge on any atom is -0.310 e. The second-order valence-corrected chi connectivity index (χ2v) is 5.00. The van der Waals surface area contributed by atoms with E-state index in [0.717, 1.165) is 11.1 Å². The highest BCUT2D eigenvalue weighted by Gasteiger charge is 2.07. The van der Waals surface area contributed by atoms with Crippen LogP contribution in [0.3, 0.4) is 0 Å². The fraction of sp³-hybridized carbons (Fsp3) is 0.250. The van der Waals surface area contributed by atoms with Gasteiger partial charge in [0, 0.05) is 12.1 Å². The van der Waals surface area contributed by atoms with Crippen molar-refractivity contribution in [3.8, 4) is 0 Å². The van der Waals surface area contributed by atoms with Gasteiger partial charge in [-0.1, -0.05) is 32.0 Å². The van der Waals surface area contributed by atoms with Gasteiger partial charge in [0.1, 0.15) is 11.6 Å². The minimum absolute atomic E-state index is 0.0598. The smallest absolute Gasteiger partial charge is 0.228 e. The summed E-state index contributed by atoms with van der Waals surface area (Å²) in [4.78, 5) is 15.7. The number of carbonyl (C=O) groups excluding carboxylic acids is 1. The first-order valence-electron chi connectivity index (χ1n) is 6.55. The van der Waals surface area contributed by atoms with E-state index >= 15 is 0 Å². The van der Waals surface area contributed by atoms with Crippen molar-refractivity contribution in [2.24, 2.45) is 5.92 Å². The van der Waals surface area contributed by atoms with Crippen LogP contribution in [0.2, 0.25) is 0 Å². The first-order valence-corrected chi connectivity index (χ1v) is 6.55. The van der Waals surface area contributed by atoms with Crippen LogP contribution in [0.1, 0.15) is 25.0 Å². The molecular formula is C16H17FN2O. The van der Waals surface area contributed by atoms with Crippen molar-refractivity contribution in [3.05, 3.63) is 59.5 Å². The third-order valence-electron chi connectivity index (χ3n) is 2.90. The van der Waals surface area contributed by atoms with Crippen LogP contribution in [0.15, 0.2) is 42.6 Å². The number of hydrogen-bond donors (Lipinski definition) is 1. The number of aromatic nitrogens is 1. The predicted molar refractivity (Wildman–Crippen MR) is 76.9 cm³/mol. The molecule has 0 fully saturated rings. The molecule has 1 amide bonds. The Morgan fingerprint density at radius 3 is 2.65 bits per heavy atom. The summed E-state index contributed by atoms with van der Waals surface area (Å²) >= 11 is 0. The fourth-order valence-electron chi connectivity index (χ4n) is 1.76. The van der Waals surface area contributed by atoms with Gasteiger partial charge in [0.05, 0.1) is 0 Å². The average molecular weight is 272 g/mol. The Balaban J connectivity index is 2.03. The molecule has 0 aliphatic heterocycles. The average Bonchev–Trinajstić information content (AvgIpc) is 2.41. The quantitative estimate of drug-likeness (QED) is 0.926. The lowest BCUT2D eigenvalue weighted by molar-refractivity contribution is -0.118. The number of rotatable bonds is 4. The zero-order valence-corrected chi connectivity index (χ0v) is 11.6. The summed E-state index contributed by atoms with van der Waals surface area (Å²) < 4.78 is 13.1. The van der Waals surface area contributed by atoms with Crippen molar-refractivity contribution in [2.75, 3.05) is 5.32 Å². The standard InChI is InChI=1S/C16H17FN2O/c1-11(2)16(20)19-15-7-6-13(10-18-15)8-12-4-3-5-14(17)9-12/h3-7,9-11H,8H2,1-2H3,(H,18,19,20). The number of nitrogens with zero attached hydrogens (tertiary/aromatic N) is 1. The van der Waals surface area contributed by atoms with Crippen molar-refractivity contribution < 1.29 is 9.18 Å². The monoisotopic (exact) mass is 272 g/mol. The predicted octanol–water partition coefficient (Wildman–Crippen LogP) is 3.41. The first kappa shape index (κ1) is 14.2. The van der Waals surface area contributed by atoms with Crippen molar-refractivity contribution in [1.82, 2.24) is 4.98 Å². The molecule has 1 aromatic carbocycles. The topological polar surface area (TPSA) is 42.0 Å². The third kappa shape index (κ3) is 3.88. The molecule has 20 heavy (non-hydrogen) atoms. The molecule has 0 bridgehead atoms. The lowest BCUT2D eigenvalue weighted by Crippen LogP contribution is -2.18. The van der Waals surface area contributed by atoms with E-state index in [1.54, 1.807) is 18.3 Å². The van der Waals surface area contributed by atoms with Crippen LogP contribution >= 0.6 is 0 Å². The lowest BCUT2D eigenvalue weighted by atomic mass is 10.1. The van der Waals surface area contributed by atoms with Gasteiger partial charge in [-0.2, -0.15) is 0 Å². The summed E-state index contributed by atoms with van der Waals surface area (Å²) in [5.41, 5.74) is 1.86. The third-order valence-corrected chi connectivity index (χ3v) is 2.90. The van der Waals surface area contributed by atoms with Crippen LogP contribution in [0.5, 0.6) is 0 Å². The first-order chi connectivity index (χ1) is 9.54. The number of hydrogen-bond acceptors (Lipinski definition) is 2. The Kier molecular flexibility index (Phi) is 4.45. The Hall–Kier alpha value is -2.23. The Bertz CT molecular complexity index is 594. The SMILES string of the molecule is CC(C)C(=O)Nc1ccc(Cc2cccc(F)c2)cn1. The maximum atomic E-state index is 13.1. The van der Waals surface area contributed by atoms with Gasteiger partial charge in [-0.05, 0) is 35.7 Å². The summed E-state index contributed by atoms with van der Waals surface area (Å²) in [5.74, 6) is 0.155. The minimum atomic E-state index is -0.240. The largest absolute Gasteiger partial charge is 0.310 e. The molecule has 0 atom stereocenters. The Labute approximate surface area is 117 Å². The molecule has 0 radical (unpaired) electrons. The maximum absolute atomic E-state index is 13.1. The second kappa shape index (κ2) is 6.28. The Morgan fingerprint density at radius 2 is 2.05 bits per heavy atom. The summed E-state index contributed by atoms with van der Waals surface area (Å²) in [7, 11) is 0. The number of nitrogens with one attached hydrogen (secondary N) is 1. The molecule has 0 aliphatic carbocycles. The molecule has 104 valence electrons. The zero-order valence-electron chi connectivity index (χ0n) is 11.6. The van der Waals surface area contributed by atoms with E-state index in [2.05, 4.69) is 10.3 Å². The van der Waals surface area contributed by atoms with Gasteiger partial charge in [0.2, 0.25) is 5.91 Å². The number of amides is 1. The van der Waals surface area contributed by atoms with Gasteiger partial charge in [-0.3, -0.25) is 4.79 Å². The number of halogens is 1. The van der Waals surface area contributed by atoms with Crippen molar-refractivity contribution >= 4 is 11.7 Å².